The third kappa shape index (κ3) is 4.24. The maximum Gasteiger partial charge on any atom is 0.392 e. The van der Waals surface area contributed by atoms with Crippen LogP contribution in [0.1, 0.15) is 48.6 Å². The summed E-state index contributed by atoms with van der Waals surface area (Å²) >= 11 is 6.26. The van der Waals surface area contributed by atoms with Crippen LogP contribution in [0.2, 0.25) is 5.15 Å². The summed E-state index contributed by atoms with van der Waals surface area (Å²) in [6.07, 6.45) is 0.131. The van der Waals surface area contributed by atoms with E-state index in [0.29, 0.717) is 17.3 Å². The molecule has 0 aromatic carbocycles. The van der Waals surface area contributed by atoms with Crippen molar-refractivity contribution < 1.29 is 17.9 Å². The summed E-state index contributed by atoms with van der Waals surface area (Å²) in [5, 5.41) is 0.495. The Morgan fingerprint density at radius 2 is 2.11 bits per heavy atom. The zero-order valence-electron chi connectivity index (χ0n) is 15.8. The zero-order chi connectivity index (χ0) is 20.5. The molecular formula is C20H21ClF3N3O. The van der Waals surface area contributed by atoms with Gasteiger partial charge in [-0.05, 0) is 38.5 Å². The molecule has 0 radical (unpaired) electrons. The molecule has 1 aliphatic rings. The third-order valence-electron chi connectivity index (χ3n) is 4.82. The largest absolute Gasteiger partial charge is 0.477 e. The molecule has 1 unspecified atom stereocenters. The van der Waals surface area contributed by atoms with Crippen LogP contribution in [0.3, 0.4) is 0 Å². The van der Waals surface area contributed by atoms with Gasteiger partial charge in [-0.2, -0.15) is 13.2 Å². The molecule has 1 aliphatic heterocycles. The number of halogens is 4. The lowest BCUT2D eigenvalue weighted by Gasteiger charge is -2.28. The number of hydrogen-bond acceptors (Lipinski definition) is 4. The van der Waals surface area contributed by atoms with Crippen molar-refractivity contribution in [3.63, 3.8) is 0 Å². The smallest absolute Gasteiger partial charge is 0.392 e. The minimum atomic E-state index is -4.24. The van der Waals surface area contributed by atoms with Gasteiger partial charge in [0.15, 0.2) is 0 Å². The van der Waals surface area contributed by atoms with Crippen molar-refractivity contribution in [3.8, 4) is 5.88 Å². The fourth-order valence-corrected chi connectivity index (χ4v) is 3.56. The molecule has 0 saturated heterocycles. The van der Waals surface area contributed by atoms with Crippen molar-refractivity contribution in [2.24, 2.45) is 0 Å². The van der Waals surface area contributed by atoms with Gasteiger partial charge in [0.25, 0.3) is 0 Å². The molecule has 0 aliphatic carbocycles. The Hall–Kier alpha value is -2.28. The van der Waals surface area contributed by atoms with Crippen LogP contribution < -0.4 is 4.74 Å². The molecule has 2 aromatic rings. The van der Waals surface area contributed by atoms with Crippen LogP contribution in [0, 0.1) is 6.92 Å². The molecule has 8 heteroatoms. The highest BCUT2D eigenvalue weighted by Gasteiger charge is 2.30. The predicted octanol–water partition coefficient (Wildman–Crippen LogP) is 5.71. The number of rotatable bonds is 5. The maximum absolute atomic E-state index is 12.3. The summed E-state index contributed by atoms with van der Waals surface area (Å²) in [5.41, 5.74) is 4.75. The molecule has 0 N–H and O–H groups in total. The Morgan fingerprint density at radius 1 is 1.36 bits per heavy atom. The van der Waals surface area contributed by atoms with E-state index in [1.807, 2.05) is 25.1 Å². The van der Waals surface area contributed by atoms with Crippen molar-refractivity contribution in [2.75, 3.05) is 6.61 Å². The lowest BCUT2D eigenvalue weighted by Crippen LogP contribution is -2.20. The lowest BCUT2D eigenvalue weighted by molar-refractivity contribution is -0.139. The Morgan fingerprint density at radius 3 is 2.75 bits per heavy atom. The molecule has 1 atom stereocenters. The molecule has 0 bridgehead atoms. The SMILES string of the molecule is CC=C1c2ccnc(Cl)c2CN1C(C)c1cnc(OCCC(F)(F)F)c(C)c1. The van der Waals surface area contributed by atoms with E-state index in [0.717, 1.165) is 22.4 Å². The van der Waals surface area contributed by atoms with E-state index in [4.69, 9.17) is 16.3 Å². The maximum atomic E-state index is 12.3. The number of pyridine rings is 2. The van der Waals surface area contributed by atoms with Crippen LogP contribution in [-0.4, -0.2) is 27.7 Å². The summed E-state index contributed by atoms with van der Waals surface area (Å²) in [7, 11) is 0. The Labute approximate surface area is 167 Å². The fourth-order valence-electron chi connectivity index (χ4n) is 3.34. The summed E-state index contributed by atoms with van der Waals surface area (Å²) in [5.74, 6) is 0.225. The van der Waals surface area contributed by atoms with Crippen molar-refractivity contribution in [3.05, 3.63) is 58.0 Å². The van der Waals surface area contributed by atoms with Gasteiger partial charge in [-0.3, -0.25) is 0 Å². The average molecular weight is 412 g/mol. The van der Waals surface area contributed by atoms with Crippen LogP contribution >= 0.6 is 11.6 Å². The second-order valence-corrected chi connectivity index (χ2v) is 7.07. The van der Waals surface area contributed by atoms with Crippen molar-refractivity contribution >= 4 is 17.3 Å². The minimum absolute atomic E-state index is 0.00917. The third-order valence-corrected chi connectivity index (χ3v) is 5.14. The van der Waals surface area contributed by atoms with Crippen molar-refractivity contribution in [2.45, 2.75) is 46.0 Å². The van der Waals surface area contributed by atoms with Gasteiger partial charge in [0.1, 0.15) is 5.15 Å². The van der Waals surface area contributed by atoms with E-state index in [2.05, 4.69) is 21.8 Å². The topological polar surface area (TPSA) is 38.2 Å². The first-order valence-corrected chi connectivity index (χ1v) is 9.32. The summed E-state index contributed by atoms with van der Waals surface area (Å²) < 4.78 is 42.1. The average Bonchev–Trinajstić information content (AvgIpc) is 3.01. The molecule has 3 heterocycles. The molecule has 2 aromatic heterocycles. The van der Waals surface area contributed by atoms with Crippen molar-refractivity contribution in [1.29, 1.82) is 0 Å². The van der Waals surface area contributed by atoms with Crippen LogP contribution in [0.4, 0.5) is 13.2 Å². The van der Waals surface area contributed by atoms with Crippen LogP contribution in [-0.2, 0) is 6.54 Å². The van der Waals surface area contributed by atoms with E-state index in [1.165, 1.54) is 0 Å². The van der Waals surface area contributed by atoms with Gasteiger partial charge < -0.3 is 9.64 Å². The van der Waals surface area contributed by atoms with Crippen LogP contribution in [0.25, 0.3) is 5.70 Å². The first-order valence-electron chi connectivity index (χ1n) is 8.94. The highest BCUT2D eigenvalue weighted by Crippen LogP contribution is 2.41. The van der Waals surface area contributed by atoms with E-state index in [1.54, 1.807) is 19.3 Å². The lowest BCUT2D eigenvalue weighted by atomic mass is 10.1. The molecule has 0 fully saturated rings. The second-order valence-electron chi connectivity index (χ2n) is 6.71. The molecule has 4 nitrogen and oxygen atoms in total. The first kappa shape index (κ1) is 20.5. The van der Waals surface area contributed by atoms with Crippen molar-refractivity contribution in [1.82, 2.24) is 14.9 Å². The highest BCUT2D eigenvalue weighted by atomic mass is 35.5. The molecular weight excluding hydrogens is 391 g/mol. The molecule has 28 heavy (non-hydrogen) atoms. The van der Waals surface area contributed by atoms with Crippen LogP contribution in [0.5, 0.6) is 5.88 Å². The number of alkyl halides is 3. The Balaban J connectivity index is 1.77. The van der Waals surface area contributed by atoms with Gasteiger partial charge in [0.05, 0.1) is 19.1 Å². The van der Waals surface area contributed by atoms with Gasteiger partial charge in [-0.1, -0.05) is 17.7 Å². The number of allylic oxidation sites excluding steroid dienone is 1. The second kappa shape index (κ2) is 7.99. The summed E-state index contributed by atoms with van der Waals surface area (Å²) in [6, 6.07) is 3.84. The Kier molecular flexibility index (Phi) is 5.84. The van der Waals surface area contributed by atoms with E-state index in [9.17, 15) is 13.2 Å². The monoisotopic (exact) mass is 411 g/mol. The van der Waals surface area contributed by atoms with E-state index >= 15 is 0 Å². The standard InChI is InChI=1S/C20H21ClF3N3O/c1-4-17-15-5-7-25-18(21)16(15)11-27(17)13(3)14-9-12(2)19(26-10-14)28-8-6-20(22,23)24/h4-5,7,9-10,13H,6,8,11H2,1-3H3. The predicted molar refractivity (Wildman–Crippen MR) is 102 cm³/mol. The van der Waals surface area contributed by atoms with Crippen LogP contribution in [0.15, 0.2) is 30.6 Å². The molecule has 0 saturated carbocycles. The molecule has 3 rings (SSSR count). The number of fused-ring (bicyclic) bond motifs is 1. The fraction of sp³-hybridized carbons (Fsp3) is 0.400. The number of aromatic nitrogens is 2. The number of hydrogen-bond donors (Lipinski definition) is 0. The van der Waals surface area contributed by atoms with Gasteiger partial charge in [-0.25, -0.2) is 9.97 Å². The van der Waals surface area contributed by atoms with Gasteiger partial charge >= 0.3 is 6.18 Å². The number of aryl methyl sites for hydroxylation is 1. The molecule has 150 valence electrons. The summed E-state index contributed by atoms with van der Waals surface area (Å²) in [6.45, 7) is 5.99. The normalized spacial score (nSPS) is 16.4. The van der Waals surface area contributed by atoms with Gasteiger partial charge in [0, 0.05) is 41.3 Å². The van der Waals surface area contributed by atoms with E-state index < -0.39 is 19.2 Å². The van der Waals surface area contributed by atoms with Gasteiger partial charge in [0.2, 0.25) is 5.88 Å². The highest BCUT2D eigenvalue weighted by molar-refractivity contribution is 6.30. The number of ether oxygens (including phenoxy) is 1. The number of nitrogens with zero attached hydrogens (tertiary/aromatic N) is 3. The first-order chi connectivity index (χ1) is 13.2. The van der Waals surface area contributed by atoms with Gasteiger partial charge in [-0.15, -0.1) is 0 Å². The quantitative estimate of drug-likeness (QED) is 0.591. The Bertz CT molecular complexity index is 899. The van der Waals surface area contributed by atoms with E-state index in [-0.39, 0.29) is 11.9 Å². The summed E-state index contributed by atoms with van der Waals surface area (Å²) in [4.78, 5) is 10.6. The molecule has 0 spiro atoms. The molecule has 0 amide bonds. The zero-order valence-corrected chi connectivity index (χ0v) is 16.6. The minimum Gasteiger partial charge on any atom is -0.477 e.